The number of nitrogens with zero attached hydrogens (tertiary/aromatic N) is 3. The minimum atomic E-state index is -1.02. The fraction of sp³-hybridized carbons (Fsp3) is 0.333. The van der Waals surface area contributed by atoms with Crippen molar-refractivity contribution in [3.05, 3.63) is 119 Å². The maximum absolute atomic E-state index is 13.4. The van der Waals surface area contributed by atoms with Crippen LogP contribution in [0.25, 0.3) is 0 Å². The predicted octanol–water partition coefficient (Wildman–Crippen LogP) is 4.01. The summed E-state index contributed by atoms with van der Waals surface area (Å²) in [5.74, 6) is -1.09. The van der Waals surface area contributed by atoms with Crippen molar-refractivity contribution in [2.24, 2.45) is 0 Å². The van der Waals surface area contributed by atoms with E-state index >= 15 is 0 Å². The maximum Gasteiger partial charge on any atom is 0.336 e. The highest BCUT2D eigenvalue weighted by Gasteiger charge is 2.20. The molecule has 0 aliphatic heterocycles. The second-order valence-corrected chi connectivity index (χ2v) is 11.8. The first-order valence-corrected chi connectivity index (χ1v) is 15.5. The van der Waals surface area contributed by atoms with Gasteiger partial charge in [0.25, 0.3) is 0 Å². The van der Waals surface area contributed by atoms with Crippen molar-refractivity contribution in [1.29, 1.82) is 0 Å². The van der Waals surface area contributed by atoms with E-state index < -0.39 is 54.6 Å². The van der Waals surface area contributed by atoms with Crippen LogP contribution < -0.4 is 31.3 Å². The monoisotopic (exact) mass is 657 g/mol. The minimum absolute atomic E-state index is 0.338. The third kappa shape index (κ3) is 8.84. The SMILES string of the molecule is Cc1ccc(OC(=O)CCn2c(=O)n(CCC(=O)Oc3ccc(C)cc3C)c(=O)n(CCC(=O)Oc3ccc(C)cc3C)c2=O)c(C)c1. The summed E-state index contributed by atoms with van der Waals surface area (Å²) >= 11 is 0. The fourth-order valence-electron chi connectivity index (χ4n) is 5.13. The maximum atomic E-state index is 13.4. The van der Waals surface area contributed by atoms with E-state index in [-0.39, 0.29) is 19.3 Å². The van der Waals surface area contributed by atoms with Crippen LogP contribution in [0.1, 0.15) is 52.6 Å². The Labute approximate surface area is 277 Å². The second-order valence-electron chi connectivity index (χ2n) is 11.8. The van der Waals surface area contributed by atoms with Crippen LogP contribution in [0.15, 0.2) is 69.0 Å². The summed E-state index contributed by atoms with van der Waals surface area (Å²) in [7, 11) is 0. The summed E-state index contributed by atoms with van der Waals surface area (Å²) in [6.07, 6.45) is -1.11. The van der Waals surface area contributed by atoms with Crippen LogP contribution in [-0.4, -0.2) is 31.6 Å². The summed E-state index contributed by atoms with van der Waals surface area (Å²) in [5.41, 5.74) is 2.10. The number of rotatable bonds is 12. The van der Waals surface area contributed by atoms with Gasteiger partial charge in [-0.2, -0.15) is 0 Å². The van der Waals surface area contributed by atoms with Crippen LogP contribution in [-0.2, 0) is 34.0 Å². The van der Waals surface area contributed by atoms with Crippen molar-refractivity contribution < 1.29 is 28.6 Å². The molecule has 0 radical (unpaired) electrons. The molecule has 0 N–H and O–H groups in total. The zero-order valence-corrected chi connectivity index (χ0v) is 28.0. The first-order chi connectivity index (χ1) is 22.7. The van der Waals surface area contributed by atoms with Gasteiger partial charge in [-0.25, -0.2) is 28.1 Å². The van der Waals surface area contributed by atoms with Crippen molar-refractivity contribution >= 4 is 17.9 Å². The van der Waals surface area contributed by atoms with E-state index in [4.69, 9.17) is 14.2 Å². The molecule has 0 fully saturated rings. The molecule has 4 aromatic rings. The molecule has 252 valence electrons. The average molecular weight is 658 g/mol. The second kappa shape index (κ2) is 15.4. The lowest BCUT2D eigenvalue weighted by atomic mass is 10.1. The summed E-state index contributed by atoms with van der Waals surface area (Å²) in [5, 5.41) is 0. The van der Waals surface area contributed by atoms with E-state index in [1.54, 1.807) is 57.2 Å². The van der Waals surface area contributed by atoms with Gasteiger partial charge in [0.2, 0.25) is 0 Å². The highest BCUT2D eigenvalue weighted by molar-refractivity contribution is 5.73. The van der Waals surface area contributed by atoms with E-state index in [0.717, 1.165) is 47.1 Å². The van der Waals surface area contributed by atoms with Crippen LogP contribution >= 0.6 is 0 Å². The van der Waals surface area contributed by atoms with Crippen LogP contribution in [0, 0.1) is 41.5 Å². The Morgan fingerprint density at radius 2 is 0.708 bits per heavy atom. The molecule has 4 rings (SSSR count). The highest BCUT2D eigenvalue weighted by atomic mass is 16.5. The molecule has 0 unspecified atom stereocenters. The molecule has 3 aromatic carbocycles. The van der Waals surface area contributed by atoms with Gasteiger partial charge in [0.1, 0.15) is 17.2 Å². The number of carbonyl (C=O) groups is 3. The number of hydrogen-bond donors (Lipinski definition) is 0. The molecule has 48 heavy (non-hydrogen) atoms. The molecule has 0 amide bonds. The molecule has 0 bridgehead atoms. The van der Waals surface area contributed by atoms with E-state index in [9.17, 15) is 28.8 Å². The molecule has 0 spiro atoms. The summed E-state index contributed by atoms with van der Waals surface area (Å²) in [4.78, 5) is 78.5. The Kier molecular flexibility index (Phi) is 11.3. The van der Waals surface area contributed by atoms with Crippen molar-refractivity contribution in [2.45, 2.75) is 80.4 Å². The van der Waals surface area contributed by atoms with Gasteiger partial charge in [-0.1, -0.05) is 53.1 Å². The van der Waals surface area contributed by atoms with Gasteiger partial charge in [-0.15, -0.1) is 0 Å². The Morgan fingerprint density at radius 3 is 0.938 bits per heavy atom. The van der Waals surface area contributed by atoms with E-state index in [1.807, 2.05) is 39.0 Å². The third-order valence-corrected chi connectivity index (χ3v) is 7.67. The van der Waals surface area contributed by atoms with Crippen LogP contribution in [0.4, 0.5) is 0 Å². The van der Waals surface area contributed by atoms with Gasteiger partial charge in [-0.05, 0) is 76.4 Å². The predicted molar refractivity (Wildman–Crippen MR) is 178 cm³/mol. The molecule has 0 saturated carbocycles. The number of aromatic nitrogens is 3. The van der Waals surface area contributed by atoms with Crippen molar-refractivity contribution in [1.82, 2.24) is 13.7 Å². The van der Waals surface area contributed by atoms with Gasteiger partial charge in [0.05, 0.1) is 19.3 Å². The smallest absolute Gasteiger partial charge is 0.336 e. The number of esters is 3. The number of benzene rings is 3. The van der Waals surface area contributed by atoms with Gasteiger partial charge >= 0.3 is 35.0 Å². The average Bonchev–Trinajstić information content (AvgIpc) is 3.01. The highest BCUT2D eigenvalue weighted by Crippen LogP contribution is 2.21. The number of carbonyl (C=O) groups excluding carboxylic acids is 3. The lowest BCUT2D eigenvalue weighted by Crippen LogP contribution is -2.55. The first-order valence-electron chi connectivity index (χ1n) is 15.5. The van der Waals surface area contributed by atoms with Gasteiger partial charge in [0.15, 0.2) is 0 Å². The van der Waals surface area contributed by atoms with Crippen LogP contribution in [0.3, 0.4) is 0 Å². The van der Waals surface area contributed by atoms with E-state index in [2.05, 4.69) is 0 Å². The molecule has 1 aromatic heterocycles. The zero-order valence-electron chi connectivity index (χ0n) is 28.0. The Hall–Kier alpha value is -5.52. The topological polar surface area (TPSA) is 145 Å². The van der Waals surface area contributed by atoms with Gasteiger partial charge in [0, 0.05) is 19.6 Å². The van der Waals surface area contributed by atoms with Crippen molar-refractivity contribution in [3.63, 3.8) is 0 Å². The largest absolute Gasteiger partial charge is 0.426 e. The summed E-state index contributed by atoms with van der Waals surface area (Å²) < 4.78 is 18.5. The quantitative estimate of drug-likeness (QED) is 0.163. The molecule has 1 heterocycles. The summed E-state index contributed by atoms with van der Waals surface area (Å²) in [6.45, 7) is 9.80. The number of aryl methyl sites for hydroxylation is 6. The van der Waals surface area contributed by atoms with E-state index in [0.29, 0.717) is 17.2 Å². The standard InChI is InChI=1S/C36H39N3O9/c1-22-7-10-28(25(4)19-22)46-31(40)13-16-37-34(43)38(17-14-32(41)47-29-11-8-23(2)20-26(29)5)36(45)39(35(37)44)18-15-33(42)48-30-12-9-24(3)21-27(30)6/h7-12,19-21H,13-18H2,1-6H3. The molecular formula is C36H39N3O9. The third-order valence-electron chi connectivity index (χ3n) is 7.67. The lowest BCUT2D eigenvalue weighted by Gasteiger charge is -2.14. The number of hydrogen-bond acceptors (Lipinski definition) is 9. The van der Waals surface area contributed by atoms with Gasteiger partial charge in [-0.3, -0.25) is 14.4 Å². The Morgan fingerprint density at radius 1 is 0.458 bits per heavy atom. The van der Waals surface area contributed by atoms with Gasteiger partial charge < -0.3 is 14.2 Å². The van der Waals surface area contributed by atoms with E-state index in [1.165, 1.54) is 0 Å². The van der Waals surface area contributed by atoms with Crippen LogP contribution in [0.5, 0.6) is 17.2 Å². The Balaban J connectivity index is 1.57. The molecule has 0 atom stereocenters. The molecule has 12 nitrogen and oxygen atoms in total. The lowest BCUT2D eigenvalue weighted by molar-refractivity contribution is -0.135. The normalized spacial score (nSPS) is 10.9. The minimum Gasteiger partial charge on any atom is -0.426 e. The molecule has 12 heteroatoms. The fourth-order valence-corrected chi connectivity index (χ4v) is 5.13. The van der Waals surface area contributed by atoms with Crippen molar-refractivity contribution in [3.8, 4) is 17.2 Å². The summed E-state index contributed by atoms with van der Waals surface area (Å²) in [6, 6.07) is 15.8. The van der Waals surface area contributed by atoms with Crippen molar-refractivity contribution in [2.75, 3.05) is 0 Å². The zero-order chi connectivity index (χ0) is 35.1. The first kappa shape index (κ1) is 35.3. The molecule has 0 aliphatic carbocycles. The molecular weight excluding hydrogens is 618 g/mol. The molecule has 0 saturated heterocycles. The molecule has 0 aliphatic rings. The Bertz CT molecular complexity index is 1790. The van der Waals surface area contributed by atoms with Crippen LogP contribution in [0.2, 0.25) is 0 Å². The number of ether oxygens (including phenoxy) is 3.